The summed E-state index contributed by atoms with van der Waals surface area (Å²) in [6.45, 7) is 1.26. The molecule has 4 heterocycles. The lowest BCUT2D eigenvalue weighted by Crippen LogP contribution is -2.44. The predicted octanol–water partition coefficient (Wildman–Crippen LogP) is 2.87. The first-order chi connectivity index (χ1) is 20.3. The van der Waals surface area contributed by atoms with Crippen LogP contribution in [0.15, 0.2) is 67.0 Å². The Hall–Kier alpha value is -5.46. The van der Waals surface area contributed by atoms with Crippen LogP contribution in [0.5, 0.6) is 0 Å². The van der Waals surface area contributed by atoms with Gasteiger partial charge in [0.2, 0.25) is 11.8 Å². The molecule has 212 valence electrons. The number of anilines is 1. The van der Waals surface area contributed by atoms with Gasteiger partial charge in [0.1, 0.15) is 18.8 Å². The number of hydrogen-bond donors (Lipinski definition) is 3. The highest BCUT2D eigenvalue weighted by molar-refractivity contribution is 6.05. The Bertz CT molecular complexity index is 1800. The van der Waals surface area contributed by atoms with Crippen LogP contribution in [0.25, 0.3) is 33.2 Å². The number of hydrogen-bond acceptors (Lipinski definition) is 7. The molecule has 2 aromatic carbocycles. The fourth-order valence-electron chi connectivity index (χ4n) is 5.33. The quantitative estimate of drug-likeness (QED) is 0.272. The number of aryl methyl sites for hydroxylation is 1. The number of fused-ring (bicyclic) bond motifs is 1. The van der Waals surface area contributed by atoms with Crippen molar-refractivity contribution in [2.24, 2.45) is 5.73 Å². The van der Waals surface area contributed by atoms with E-state index in [9.17, 15) is 18.8 Å². The number of aromatic amines is 1. The summed E-state index contributed by atoms with van der Waals surface area (Å²) in [6, 6.07) is 15.4. The fraction of sp³-hybridized carbons (Fsp3) is 0.207. The minimum absolute atomic E-state index is 0.0110. The summed E-state index contributed by atoms with van der Waals surface area (Å²) in [5, 5.41) is 22.3. The summed E-state index contributed by atoms with van der Waals surface area (Å²) in [6.07, 6.45) is 1.59. The number of amides is 3. The monoisotopic (exact) mass is 567 g/mol. The molecule has 1 fully saturated rings. The van der Waals surface area contributed by atoms with Gasteiger partial charge in [-0.25, -0.2) is 4.39 Å². The van der Waals surface area contributed by atoms with Crippen molar-refractivity contribution in [2.45, 2.75) is 32.1 Å². The molecule has 42 heavy (non-hydrogen) atoms. The van der Waals surface area contributed by atoms with Crippen molar-refractivity contribution in [3.8, 4) is 22.3 Å². The number of benzene rings is 2. The van der Waals surface area contributed by atoms with Gasteiger partial charge in [0.25, 0.3) is 5.91 Å². The van der Waals surface area contributed by atoms with E-state index in [1.807, 2.05) is 37.3 Å². The average molecular weight is 568 g/mol. The molecule has 0 bridgehead atoms. The number of carbonyl (C=O) groups is 3. The lowest BCUT2D eigenvalue weighted by Gasteiger charge is -2.23. The topological polar surface area (TPSA) is 165 Å². The van der Waals surface area contributed by atoms with E-state index in [4.69, 9.17) is 5.73 Å². The third kappa shape index (κ3) is 4.96. The maximum atomic E-state index is 14.7. The van der Waals surface area contributed by atoms with Crippen molar-refractivity contribution in [1.29, 1.82) is 0 Å². The van der Waals surface area contributed by atoms with Crippen LogP contribution < -0.4 is 11.1 Å². The summed E-state index contributed by atoms with van der Waals surface area (Å²) >= 11 is 0. The molecule has 1 aliphatic heterocycles. The number of primary amides is 1. The summed E-state index contributed by atoms with van der Waals surface area (Å²) in [4.78, 5) is 40.3. The molecule has 12 nitrogen and oxygen atoms in total. The standard InChI is InChI=1S/C29H26FN9O3/c1-16-25(17-5-3-2-4-6-17)28(36-35-16)34-29(42)23-12-20(30)14-38(23)24(40)15-39-22-8-7-18(19-9-10-32-33-13-19)11-21(22)26(37-39)27(31)41/h2-11,13,20,23H,12,14-15H2,1H3,(H2,31,41)(H2,34,35,36,42)/t20-,23+/m1/s1. The summed E-state index contributed by atoms with van der Waals surface area (Å²) in [5.74, 6) is -1.55. The second kappa shape index (κ2) is 10.8. The number of halogens is 1. The SMILES string of the molecule is Cc1[nH]nc(NC(=O)[C@@H]2C[C@@H](F)CN2C(=O)Cn2nc(C(N)=O)c3cc(-c4ccnnc4)ccc32)c1-c1ccccc1. The second-order valence-electron chi connectivity index (χ2n) is 10.1. The highest BCUT2D eigenvalue weighted by Crippen LogP contribution is 2.31. The lowest BCUT2D eigenvalue weighted by molar-refractivity contribution is -0.137. The molecule has 1 saturated heterocycles. The van der Waals surface area contributed by atoms with Crippen molar-refractivity contribution < 1.29 is 18.8 Å². The molecule has 6 rings (SSSR count). The van der Waals surface area contributed by atoms with Crippen LogP contribution in [-0.2, 0) is 16.1 Å². The van der Waals surface area contributed by atoms with E-state index in [0.29, 0.717) is 22.3 Å². The number of nitrogens with zero attached hydrogens (tertiary/aromatic N) is 6. The third-order valence-electron chi connectivity index (χ3n) is 7.31. The maximum Gasteiger partial charge on any atom is 0.269 e. The first-order valence-corrected chi connectivity index (χ1v) is 13.2. The zero-order valence-electron chi connectivity index (χ0n) is 22.5. The molecule has 0 aliphatic carbocycles. The molecule has 3 amide bonds. The number of alkyl halides is 1. The lowest BCUT2D eigenvalue weighted by atomic mass is 10.0. The summed E-state index contributed by atoms with van der Waals surface area (Å²) in [7, 11) is 0. The van der Waals surface area contributed by atoms with Gasteiger partial charge in [0.05, 0.1) is 24.5 Å². The Morgan fingerprint density at radius 2 is 1.88 bits per heavy atom. The Labute approximate surface area is 238 Å². The van der Waals surface area contributed by atoms with Crippen LogP contribution in [0.3, 0.4) is 0 Å². The van der Waals surface area contributed by atoms with Crippen LogP contribution in [-0.4, -0.2) is 71.6 Å². The highest BCUT2D eigenvalue weighted by atomic mass is 19.1. The van der Waals surface area contributed by atoms with E-state index in [1.54, 1.807) is 36.7 Å². The molecule has 13 heteroatoms. The van der Waals surface area contributed by atoms with Crippen LogP contribution in [0.4, 0.5) is 10.2 Å². The van der Waals surface area contributed by atoms with Gasteiger partial charge in [-0.05, 0) is 36.2 Å². The maximum absolute atomic E-state index is 14.7. The Balaban J connectivity index is 1.25. The fourth-order valence-corrected chi connectivity index (χ4v) is 5.33. The zero-order valence-corrected chi connectivity index (χ0v) is 22.5. The summed E-state index contributed by atoms with van der Waals surface area (Å²) in [5.41, 5.74) is 9.91. The van der Waals surface area contributed by atoms with Crippen molar-refractivity contribution in [1.82, 2.24) is 35.1 Å². The molecule has 0 spiro atoms. The molecule has 0 radical (unpaired) electrons. The van der Waals surface area contributed by atoms with Gasteiger partial charge in [-0.3, -0.25) is 24.2 Å². The molecule has 2 atom stereocenters. The minimum Gasteiger partial charge on any atom is -0.364 e. The van der Waals surface area contributed by atoms with E-state index in [-0.39, 0.29) is 25.2 Å². The highest BCUT2D eigenvalue weighted by Gasteiger charge is 2.40. The molecule has 4 N–H and O–H groups in total. The number of rotatable bonds is 7. The molecule has 5 aromatic rings. The number of carbonyl (C=O) groups excluding carboxylic acids is 3. The molecule has 3 aromatic heterocycles. The third-order valence-corrected chi connectivity index (χ3v) is 7.31. The molecule has 0 unspecified atom stereocenters. The first-order valence-electron chi connectivity index (χ1n) is 13.2. The van der Waals surface area contributed by atoms with Gasteiger partial charge in [0.15, 0.2) is 11.5 Å². The van der Waals surface area contributed by atoms with Gasteiger partial charge in [-0.15, -0.1) is 0 Å². The largest absolute Gasteiger partial charge is 0.364 e. The van der Waals surface area contributed by atoms with Gasteiger partial charge in [-0.1, -0.05) is 36.4 Å². The van der Waals surface area contributed by atoms with Crippen molar-refractivity contribution in [3.05, 3.63) is 78.4 Å². The van der Waals surface area contributed by atoms with Gasteiger partial charge >= 0.3 is 0 Å². The number of aromatic nitrogens is 6. The van der Waals surface area contributed by atoms with Crippen LogP contribution in [0.2, 0.25) is 0 Å². The van der Waals surface area contributed by atoms with Gasteiger partial charge < -0.3 is 16.0 Å². The van der Waals surface area contributed by atoms with E-state index in [2.05, 4.69) is 30.8 Å². The smallest absolute Gasteiger partial charge is 0.269 e. The number of H-pyrrole nitrogens is 1. The van der Waals surface area contributed by atoms with Crippen LogP contribution >= 0.6 is 0 Å². The van der Waals surface area contributed by atoms with Crippen molar-refractivity contribution in [2.75, 3.05) is 11.9 Å². The first kappa shape index (κ1) is 26.7. The van der Waals surface area contributed by atoms with E-state index in [1.165, 1.54) is 9.58 Å². The second-order valence-corrected chi connectivity index (χ2v) is 10.1. The Kier molecular flexibility index (Phi) is 6.90. The number of likely N-dealkylation sites (tertiary alicyclic amines) is 1. The normalized spacial score (nSPS) is 16.6. The Morgan fingerprint density at radius 3 is 2.62 bits per heavy atom. The van der Waals surface area contributed by atoms with Gasteiger partial charge in [0, 0.05) is 28.6 Å². The van der Waals surface area contributed by atoms with E-state index < -0.39 is 29.9 Å². The van der Waals surface area contributed by atoms with Crippen molar-refractivity contribution >= 4 is 34.4 Å². The predicted molar refractivity (Wildman–Crippen MR) is 152 cm³/mol. The average Bonchev–Trinajstić information content (AvgIpc) is 3.68. The molecule has 0 saturated carbocycles. The van der Waals surface area contributed by atoms with E-state index >= 15 is 0 Å². The number of nitrogens with two attached hydrogens (primary N) is 1. The number of nitrogens with one attached hydrogen (secondary N) is 2. The molecular formula is C29H26FN9O3. The van der Waals surface area contributed by atoms with E-state index in [0.717, 1.165) is 22.4 Å². The van der Waals surface area contributed by atoms with Crippen LogP contribution in [0.1, 0.15) is 22.6 Å². The van der Waals surface area contributed by atoms with Crippen molar-refractivity contribution in [3.63, 3.8) is 0 Å². The molecule has 1 aliphatic rings. The minimum atomic E-state index is -1.38. The molecular weight excluding hydrogens is 541 g/mol. The van der Waals surface area contributed by atoms with Crippen LogP contribution in [0, 0.1) is 6.92 Å². The summed E-state index contributed by atoms with van der Waals surface area (Å²) < 4.78 is 16.0. The Morgan fingerprint density at radius 1 is 1.07 bits per heavy atom. The zero-order chi connectivity index (χ0) is 29.4. The van der Waals surface area contributed by atoms with Gasteiger partial charge in [-0.2, -0.15) is 20.4 Å².